The third-order valence-corrected chi connectivity index (χ3v) is 2.83. The molecule has 0 unspecified atom stereocenters. The van der Waals surface area contributed by atoms with Crippen molar-refractivity contribution in [2.75, 3.05) is 20.8 Å². The maximum atomic E-state index is 13.8. The summed E-state index contributed by atoms with van der Waals surface area (Å²) in [5.41, 5.74) is 0.142. The Morgan fingerprint density at radius 3 is 2.74 bits per heavy atom. The van der Waals surface area contributed by atoms with E-state index in [0.29, 0.717) is 5.75 Å². The Hall–Kier alpha value is -2.05. The number of ether oxygens (including phenoxy) is 3. The van der Waals surface area contributed by atoms with Crippen LogP contribution in [0, 0.1) is 0 Å². The summed E-state index contributed by atoms with van der Waals surface area (Å²) in [7, 11) is 2.79. The summed E-state index contributed by atoms with van der Waals surface area (Å²) in [6.07, 6.45) is -0.888. The van der Waals surface area contributed by atoms with Crippen molar-refractivity contribution in [2.24, 2.45) is 0 Å². The van der Waals surface area contributed by atoms with E-state index in [2.05, 4.69) is 10.1 Å². The zero-order valence-corrected chi connectivity index (χ0v) is 10.4. The predicted molar refractivity (Wildman–Crippen MR) is 61.7 cm³/mol. The quantitative estimate of drug-likeness (QED) is 0.916. The van der Waals surface area contributed by atoms with E-state index >= 15 is 0 Å². The summed E-state index contributed by atoms with van der Waals surface area (Å²) in [5, 5.41) is 2.10. The largest absolute Gasteiger partial charge is 0.497 e. The van der Waals surface area contributed by atoms with Gasteiger partial charge in [0.05, 0.1) is 14.2 Å². The second-order valence-electron chi connectivity index (χ2n) is 4.02. The molecule has 1 aliphatic rings. The molecule has 0 saturated carbocycles. The first-order valence-electron chi connectivity index (χ1n) is 5.51. The molecule has 1 atom stereocenters. The summed E-state index contributed by atoms with van der Waals surface area (Å²) in [5.74, 6) is -2.59. The molecule has 19 heavy (non-hydrogen) atoms. The van der Waals surface area contributed by atoms with Crippen LogP contribution in [0.15, 0.2) is 18.2 Å². The molecule has 1 amide bonds. The van der Waals surface area contributed by atoms with Crippen LogP contribution in [0.25, 0.3) is 0 Å². The van der Waals surface area contributed by atoms with Crippen molar-refractivity contribution in [1.82, 2.24) is 5.32 Å². The molecule has 7 heteroatoms. The summed E-state index contributed by atoms with van der Waals surface area (Å²) in [6.45, 7) is -0.968. The number of nitrogens with one attached hydrogen (secondary N) is 1. The minimum absolute atomic E-state index is 0.142. The van der Waals surface area contributed by atoms with Gasteiger partial charge >= 0.3 is 12.0 Å². The molecule has 1 fully saturated rings. The van der Waals surface area contributed by atoms with Gasteiger partial charge in [-0.1, -0.05) is 0 Å². The lowest BCUT2D eigenvalue weighted by molar-refractivity contribution is -0.104. The minimum Gasteiger partial charge on any atom is -0.497 e. The summed E-state index contributed by atoms with van der Waals surface area (Å²) in [4.78, 5) is 11.1. The van der Waals surface area contributed by atoms with Gasteiger partial charge in [0.25, 0.3) is 0 Å². The zero-order valence-electron chi connectivity index (χ0n) is 10.4. The number of hydrogen-bond donors (Lipinski definition) is 1. The molecule has 1 aliphatic heterocycles. The molecule has 0 radical (unpaired) electrons. The molecule has 104 valence electrons. The molecule has 1 heterocycles. The first kappa shape index (κ1) is 13.4. The third kappa shape index (κ3) is 2.54. The molecule has 1 saturated heterocycles. The molecule has 2 rings (SSSR count). The minimum atomic E-state index is -3.23. The van der Waals surface area contributed by atoms with Crippen molar-refractivity contribution in [3.8, 4) is 11.5 Å². The smallest absolute Gasteiger partial charge is 0.408 e. The van der Waals surface area contributed by atoms with Crippen molar-refractivity contribution in [3.05, 3.63) is 23.8 Å². The number of cyclic esters (lactones) is 1. The van der Waals surface area contributed by atoms with Gasteiger partial charge in [0.2, 0.25) is 0 Å². The number of alkyl halides is 2. The average molecular weight is 273 g/mol. The van der Waals surface area contributed by atoms with E-state index < -0.39 is 24.7 Å². The van der Waals surface area contributed by atoms with Gasteiger partial charge in [-0.2, -0.15) is 0 Å². The van der Waals surface area contributed by atoms with Crippen LogP contribution in [-0.4, -0.2) is 32.8 Å². The van der Waals surface area contributed by atoms with E-state index in [4.69, 9.17) is 9.47 Å². The molecule has 5 nitrogen and oxygen atoms in total. The number of halogens is 2. The van der Waals surface area contributed by atoms with E-state index in [1.54, 1.807) is 6.07 Å². The number of rotatable bonds is 3. The highest BCUT2D eigenvalue weighted by atomic mass is 19.3. The molecule has 1 aromatic carbocycles. The van der Waals surface area contributed by atoms with E-state index in [0.717, 1.165) is 0 Å². The first-order valence-corrected chi connectivity index (χ1v) is 5.51. The van der Waals surface area contributed by atoms with Gasteiger partial charge in [-0.05, 0) is 18.2 Å². The van der Waals surface area contributed by atoms with Gasteiger partial charge in [-0.15, -0.1) is 0 Å². The summed E-state index contributed by atoms with van der Waals surface area (Å²) in [6, 6.07) is 2.98. The number of carbonyl (C=O) groups is 1. The van der Waals surface area contributed by atoms with Gasteiger partial charge in [0.15, 0.2) is 6.61 Å². The van der Waals surface area contributed by atoms with E-state index in [1.165, 1.54) is 26.4 Å². The normalized spacial score (nSPS) is 21.3. The monoisotopic (exact) mass is 273 g/mol. The van der Waals surface area contributed by atoms with Crippen molar-refractivity contribution < 1.29 is 27.8 Å². The Balaban J connectivity index is 2.45. The molecular formula is C12H13F2NO4. The van der Waals surface area contributed by atoms with Gasteiger partial charge in [0, 0.05) is 5.56 Å². The fourth-order valence-corrected chi connectivity index (χ4v) is 1.88. The Labute approximate surface area is 108 Å². The number of hydrogen-bond acceptors (Lipinski definition) is 4. The molecule has 0 aliphatic carbocycles. The Morgan fingerprint density at radius 2 is 2.11 bits per heavy atom. The van der Waals surface area contributed by atoms with Crippen LogP contribution in [0.2, 0.25) is 0 Å². The zero-order chi connectivity index (χ0) is 14.0. The fraction of sp³-hybridized carbons (Fsp3) is 0.417. The highest BCUT2D eigenvalue weighted by Crippen LogP contribution is 2.39. The lowest BCUT2D eigenvalue weighted by Gasteiger charge is -2.32. The van der Waals surface area contributed by atoms with E-state index in [9.17, 15) is 13.6 Å². The second-order valence-corrected chi connectivity index (χ2v) is 4.02. The third-order valence-electron chi connectivity index (χ3n) is 2.83. The SMILES string of the molecule is COc1ccc(OC)c([C@H]2NC(=O)OCC2(F)F)c1. The number of alkyl carbamates (subject to hydrolysis) is 1. The van der Waals surface area contributed by atoms with Crippen LogP contribution >= 0.6 is 0 Å². The molecule has 0 spiro atoms. The predicted octanol–water partition coefficient (Wildman–Crippen LogP) is 2.12. The van der Waals surface area contributed by atoms with Gasteiger partial charge in [-0.3, -0.25) is 0 Å². The van der Waals surface area contributed by atoms with Crippen LogP contribution in [0.1, 0.15) is 11.6 Å². The van der Waals surface area contributed by atoms with Gasteiger partial charge in [0.1, 0.15) is 17.5 Å². The molecule has 1 N–H and O–H groups in total. The van der Waals surface area contributed by atoms with Gasteiger partial charge < -0.3 is 19.5 Å². The van der Waals surface area contributed by atoms with Crippen LogP contribution in [-0.2, 0) is 4.74 Å². The highest BCUT2D eigenvalue weighted by Gasteiger charge is 2.48. The van der Waals surface area contributed by atoms with Crippen LogP contribution < -0.4 is 14.8 Å². The standard InChI is InChI=1S/C12H13F2NO4/c1-17-7-3-4-9(18-2)8(5-7)10-12(13,14)6-19-11(16)15-10/h3-5,10H,6H2,1-2H3,(H,15,16)/t10-/m1/s1. The highest BCUT2D eigenvalue weighted by molar-refractivity contribution is 5.69. The topological polar surface area (TPSA) is 56.8 Å². The van der Waals surface area contributed by atoms with Crippen molar-refractivity contribution in [3.63, 3.8) is 0 Å². The Morgan fingerprint density at radius 1 is 1.37 bits per heavy atom. The maximum Gasteiger partial charge on any atom is 0.408 e. The Kier molecular flexibility index (Phi) is 3.46. The van der Waals surface area contributed by atoms with Crippen molar-refractivity contribution in [1.29, 1.82) is 0 Å². The molecule has 1 aromatic rings. The van der Waals surface area contributed by atoms with Gasteiger partial charge in [-0.25, -0.2) is 13.6 Å². The molecule has 0 aromatic heterocycles. The second kappa shape index (κ2) is 4.91. The lowest BCUT2D eigenvalue weighted by atomic mass is 9.98. The maximum absolute atomic E-state index is 13.8. The number of amides is 1. The van der Waals surface area contributed by atoms with Crippen LogP contribution in [0.4, 0.5) is 13.6 Å². The first-order chi connectivity index (χ1) is 8.97. The van der Waals surface area contributed by atoms with Crippen molar-refractivity contribution in [2.45, 2.75) is 12.0 Å². The summed E-state index contributed by atoms with van der Waals surface area (Å²) < 4.78 is 42.0. The lowest BCUT2D eigenvalue weighted by Crippen LogP contribution is -2.49. The van der Waals surface area contributed by atoms with E-state index in [-0.39, 0.29) is 11.3 Å². The number of carbonyl (C=O) groups excluding carboxylic acids is 1. The van der Waals surface area contributed by atoms with Crippen LogP contribution in [0.5, 0.6) is 11.5 Å². The van der Waals surface area contributed by atoms with Crippen LogP contribution in [0.3, 0.4) is 0 Å². The fourth-order valence-electron chi connectivity index (χ4n) is 1.88. The molecule has 0 bridgehead atoms. The number of methoxy groups -OCH3 is 2. The van der Waals surface area contributed by atoms with E-state index in [1.807, 2.05) is 0 Å². The number of benzene rings is 1. The molecular weight excluding hydrogens is 260 g/mol. The Bertz CT molecular complexity index is 493. The summed E-state index contributed by atoms with van der Waals surface area (Å²) >= 11 is 0. The van der Waals surface area contributed by atoms with Crippen molar-refractivity contribution >= 4 is 6.09 Å². The average Bonchev–Trinajstić information content (AvgIpc) is 2.41.